The predicted molar refractivity (Wildman–Crippen MR) is 70.6 cm³/mol. The first-order valence-electron chi connectivity index (χ1n) is 6.57. The molecule has 2 N–H and O–H groups in total. The second-order valence-electron chi connectivity index (χ2n) is 5.84. The van der Waals surface area contributed by atoms with E-state index in [-0.39, 0.29) is 17.6 Å². The highest BCUT2D eigenvalue weighted by Crippen LogP contribution is 2.34. The molecule has 106 valence electrons. The molecular formula is C13H26N2O3. The van der Waals surface area contributed by atoms with E-state index in [4.69, 9.17) is 9.47 Å². The molecule has 5 heteroatoms. The Morgan fingerprint density at radius 2 is 2.11 bits per heavy atom. The van der Waals surface area contributed by atoms with Crippen molar-refractivity contribution in [3.05, 3.63) is 0 Å². The predicted octanol–water partition coefficient (Wildman–Crippen LogP) is 1.38. The van der Waals surface area contributed by atoms with E-state index in [1.807, 2.05) is 0 Å². The quantitative estimate of drug-likeness (QED) is 0.733. The molecule has 0 aliphatic carbocycles. The third kappa shape index (κ3) is 4.82. The standard InChI is InChI=1S/C13H26N2O3/c1-13(2,3)11-10(5-7-18-11)9-15-12(16)14-6-8-17-4/h10-11H,5-9H2,1-4H3,(H2,14,15,16)/t10-,11+/m1/s1. The fourth-order valence-electron chi connectivity index (χ4n) is 2.35. The summed E-state index contributed by atoms with van der Waals surface area (Å²) in [5.41, 5.74) is 0.120. The number of rotatable bonds is 5. The van der Waals surface area contributed by atoms with Gasteiger partial charge in [0.25, 0.3) is 0 Å². The molecule has 0 unspecified atom stereocenters. The molecule has 0 aromatic rings. The van der Waals surface area contributed by atoms with Crippen molar-refractivity contribution in [2.45, 2.75) is 33.3 Å². The molecule has 2 amide bonds. The van der Waals surface area contributed by atoms with Gasteiger partial charge in [0.2, 0.25) is 0 Å². The van der Waals surface area contributed by atoms with Crippen molar-refractivity contribution in [2.24, 2.45) is 11.3 Å². The normalized spacial score (nSPS) is 24.0. The molecular weight excluding hydrogens is 232 g/mol. The van der Waals surface area contributed by atoms with E-state index in [0.29, 0.717) is 25.6 Å². The van der Waals surface area contributed by atoms with Crippen LogP contribution in [0.1, 0.15) is 27.2 Å². The van der Waals surface area contributed by atoms with Crippen LogP contribution in [0.4, 0.5) is 4.79 Å². The molecule has 18 heavy (non-hydrogen) atoms. The fraction of sp³-hybridized carbons (Fsp3) is 0.923. The number of ether oxygens (including phenoxy) is 2. The smallest absolute Gasteiger partial charge is 0.314 e. The maximum Gasteiger partial charge on any atom is 0.314 e. The van der Waals surface area contributed by atoms with E-state index >= 15 is 0 Å². The van der Waals surface area contributed by atoms with Crippen LogP contribution in [-0.4, -0.2) is 45.5 Å². The SMILES string of the molecule is COCCNC(=O)NC[C@H]1CCO[C@@H]1C(C)(C)C. The average molecular weight is 258 g/mol. The van der Waals surface area contributed by atoms with Gasteiger partial charge in [-0.15, -0.1) is 0 Å². The molecule has 2 atom stereocenters. The van der Waals surface area contributed by atoms with Crippen molar-refractivity contribution >= 4 is 6.03 Å². The lowest BCUT2D eigenvalue weighted by Crippen LogP contribution is -2.43. The van der Waals surface area contributed by atoms with Crippen molar-refractivity contribution in [1.82, 2.24) is 10.6 Å². The van der Waals surface area contributed by atoms with Crippen molar-refractivity contribution in [3.8, 4) is 0 Å². The van der Waals surface area contributed by atoms with Gasteiger partial charge in [0, 0.05) is 32.7 Å². The summed E-state index contributed by atoms with van der Waals surface area (Å²) in [6, 6.07) is -0.133. The Morgan fingerprint density at radius 3 is 2.72 bits per heavy atom. The summed E-state index contributed by atoms with van der Waals surface area (Å²) in [6.07, 6.45) is 1.23. The molecule has 0 bridgehead atoms. The van der Waals surface area contributed by atoms with Gasteiger partial charge < -0.3 is 20.1 Å². The first-order chi connectivity index (χ1) is 8.45. The zero-order valence-corrected chi connectivity index (χ0v) is 11.9. The zero-order valence-electron chi connectivity index (χ0n) is 11.9. The second kappa shape index (κ2) is 6.95. The maximum atomic E-state index is 11.5. The van der Waals surface area contributed by atoms with E-state index in [1.165, 1.54) is 0 Å². The Kier molecular flexibility index (Phi) is 5.88. The van der Waals surface area contributed by atoms with Gasteiger partial charge in [-0.1, -0.05) is 20.8 Å². The third-order valence-corrected chi connectivity index (χ3v) is 3.18. The summed E-state index contributed by atoms with van der Waals surface area (Å²) in [6.45, 7) is 9.05. The molecule has 0 spiro atoms. The summed E-state index contributed by atoms with van der Waals surface area (Å²) < 4.78 is 10.6. The summed E-state index contributed by atoms with van der Waals surface area (Å²) in [5.74, 6) is 0.401. The summed E-state index contributed by atoms with van der Waals surface area (Å²) >= 11 is 0. The number of nitrogens with one attached hydrogen (secondary N) is 2. The molecule has 0 saturated carbocycles. The van der Waals surface area contributed by atoms with Crippen LogP contribution < -0.4 is 10.6 Å². The molecule has 0 aromatic heterocycles. The number of hydrogen-bond donors (Lipinski definition) is 2. The van der Waals surface area contributed by atoms with Crippen molar-refractivity contribution < 1.29 is 14.3 Å². The number of hydrogen-bond acceptors (Lipinski definition) is 3. The molecule has 5 nitrogen and oxygen atoms in total. The highest BCUT2D eigenvalue weighted by atomic mass is 16.5. The van der Waals surface area contributed by atoms with Crippen LogP contribution >= 0.6 is 0 Å². The molecule has 1 heterocycles. The minimum absolute atomic E-state index is 0.120. The number of carbonyl (C=O) groups is 1. The molecule has 1 fully saturated rings. The summed E-state index contributed by atoms with van der Waals surface area (Å²) in [4.78, 5) is 11.5. The van der Waals surface area contributed by atoms with Gasteiger partial charge in [0.1, 0.15) is 0 Å². The third-order valence-electron chi connectivity index (χ3n) is 3.18. The number of amides is 2. The zero-order chi connectivity index (χ0) is 13.6. The Labute approximate surface area is 110 Å². The molecule has 1 saturated heterocycles. The van der Waals surface area contributed by atoms with E-state index in [0.717, 1.165) is 13.0 Å². The van der Waals surface area contributed by atoms with Gasteiger partial charge in [-0.05, 0) is 11.8 Å². The second-order valence-corrected chi connectivity index (χ2v) is 5.84. The van der Waals surface area contributed by atoms with Crippen LogP contribution in [-0.2, 0) is 9.47 Å². The van der Waals surface area contributed by atoms with Crippen LogP contribution in [0.3, 0.4) is 0 Å². The van der Waals surface area contributed by atoms with Crippen LogP contribution in [0.25, 0.3) is 0 Å². The van der Waals surface area contributed by atoms with E-state index in [9.17, 15) is 4.79 Å². The molecule has 1 rings (SSSR count). The summed E-state index contributed by atoms with van der Waals surface area (Å²) in [5, 5.41) is 5.65. The van der Waals surface area contributed by atoms with Crippen LogP contribution in [0, 0.1) is 11.3 Å². The van der Waals surface area contributed by atoms with Crippen LogP contribution in [0.2, 0.25) is 0 Å². The Balaban J connectivity index is 2.27. The lowest BCUT2D eigenvalue weighted by molar-refractivity contribution is 0.00774. The number of carbonyl (C=O) groups excluding carboxylic acids is 1. The van der Waals surface area contributed by atoms with Gasteiger partial charge in [-0.3, -0.25) is 0 Å². The van der Waals surface area contributed by atoms with Crippen molar-refractivity contribution in [1.29, 1.82) is 0 Å². The Bertz CT molecular complexity index is 263. The average Bonchev–Trinajstić information content (AvgIpc) is 2.74. The molecule has 1 aliphatic heterocycles. The van der Waals surface area contributed by atoms with Crippen molar-refractivity contribution in [3.63, 3.8) is 0 Å². The van der Waals surface area contributed by atoms with Crippen molar-refractivity contribution in [2.75, 3.05) is 33.4 Å². The maximum absolute atomic E-state index is 11.5. The Morgan fingerprint density at radius 1 is 1.39 bits per heavy atom. The molecule has 1 aliphatic rings. The molecule has 0 radical (unpaired) electrons. The largest absolute Gasteiger partial charge is 0.383 e. The highest BCUT2D eigenvalue weighted by molar-refractivity contribution is 5.73. The lowest BCUT2D eigenvalue weighted by atomic mass is 9.81. The van der Waals surface area contributed by atoms with Gasteiger partial charge in [0.05, 0.1) is 12.7 Å². The van der Waals surface area contributed by atoms with E-state index in [2.05, 4.69) is 31.4 Å². The highest BCUT2D eigenvalue weighted by Gasteiger charge is 2.37. The topological polar surface area (TPSA) is 59.6 Å². The lowest BCUT2D eigenvalue weighted by Gasteiger charge is -2.31. The number of methoxy groups -OCH3 is 1. The Hall–Kier alpha value is -0.810. The monoisotopic (exact) mass is 258 g/mol. The van der Waals surface area contributed by atoms with Gasteiger partial charge in [0.15, 0.2) is 0 Å². The van der Waals surface area contributed by atoms with Crippen LogP contribution in [0.15, 0.2) is 0 Å². The van der Waals surface area contributed by atoms with Gasteiger partial charge >= 0.3 is 6.03 Å². The van der Waals surface area contributed by atoms with Gasteiger partial charge in [-0.25, -0.2) is 4.79 Å². The first-order valence-corrected chi connectivity index (χ1v) is 6.57. The van der Waals surface area contributed by atoms with E-state index in [1.54, 1.807) is 7.11 Å². The first kappa shape index (κ1) is 15.2. The minimum atomic E-state index is -0.133. The molecule has 0 aromatic carbocycles. The van der Waals surface area contributed by atoms with Gasteiger partial charge in [-0.2, -0.15) is 0 Å². The summed E-state index contributed by atoms with van der Waals surface area (Å²) in [7, 11) is 1.61. The number of urea groups is 1. The van der Waals surface area contributed by atoms with E-state index < -0.39 is 0 Å². The fourth-order valence-corrected chi connectivity index (χ4v) is 2.35. The minimum Gasteiger partial charge on any atom is -0.383 e. The van der Waals surface area contributed by atoms with Crippen LogP contribution in [0.5, 0.6) is 0 Å².